The van der Waals surface area contributed by atoms with E-state index in [1.54, 1.807) is 12.1 Å². The number of halogens is 1. The monoisotopic (exact) mass is 254 g/mol. The van der Waals surface area contributed by atoms with E-state index in [2.05, 4.69) is 23.1 Å². The van der Waals surface area contributed by atoms with Gasteiger partial charge in [0.05, 0.1) is 11.3 Å². The molecule has 0 saturated carbocycles. The molecule has 0 saturated heterocycles. The van der Waals surface area contributed by atoms with Gasteiger partial charge in [0.25, 0.3) is 0 Å². The van der Waals surface area contributed by atoms with Crippen molar-refractivity contribution in [2.45, 2.75) is 6.42 Å². The molecule has 0 aromatic heterocycles. The van der Waals surface area contributed by atoms with E-state index in [9.17, 15) is 5.26 Å². The number of benzene rings is 2. The standard InChI is InChI=1S/C15H11ClN2/c16-13-6-5-12(10-17)15(9-13)18-8-7-11-3-1-2-4-14(11)18/h1-6,9H,7-8H2. The molecule has 0 spiro atoms. The quantitative estimate of drug-likeness (QED) is 0.772. The van der Waals surface area contributed by atoms with Gasteiger partial charge in [-0.3, -0.25) is 0 Å². The highest BCUT2D eigenvalue weighted by Gasteiger charge is 2.21. The fourth-order valence-electron chi connectivity index (χ4n) is 2.41. The molecule has 18 heavy (non-hydrogen) atoms. The predicted octanol–water partition coefficient (Wildman–Crippen LogP) is 3.91. The molecule has 0 fully saturated rings. The number of nitrogens with zero attached hydrogens (tertiary/aromatic N) is 2. The zero-order valence-electron chi connectivity index (χ0n) is 9.73. The van der Waals surface area contributed by atoms with Crippen LogP contribution >= 0.6 is 11.6 Å². The van der Waals surface area contributed by atoms with Crippen molar-refractivity contribution in [2.24, 2.45) is 0 Å². The Morgan fingerprint density at radius 1 is 1.11 bits per heavy atom. The molecule has 2 aromatic rings. The molecule has 0 amide bonds. The minimum absolute atomic E-state index is 0.661. The smallest absolute Gasteiger partial charge is 0.101 e. The molecule has 0 unspecified atom stereocenters. The van der Waals surface area contributed by atoms with Gasteiger partial charge in [-0.25, -0.2) is 0 Å². The summed E-state index contributed by atoms with van der Waals surface area (Å²) < 4.78 is 0. The van der Waals surface area contributed by atoms with Gasteiger partial charge in [0.15, 0.2) is 0 Å². The lowest BCUT2D eigenvalue weighted by atomic mass is 10.1. The summed E-state index contributed by atoms with van der Waals surface area (Å²) in [7, 11) is 0. The molecular weight excluding hydrogens is 244 g/mol. The number of hydrogen-bond donors (Lipinski definition) is 0. The largest absolute Gasteiger partial charge is 0.340 e. The fraction of sp³-hybridized carbons (Fsp3) is 0.133. The van der Waals surface area contributed by atoms with Gasteiger partial charge in [-0.05, 0) is 36.2 Å². The van der Waals surface area contributed by atoms with E-state index >= 15 is 0 Å². The Kier molecular flexibility index (Phi) is 2.70. The van der Waals surface area contributed by atoms with Crippen molar-refractivity contribution in [3.8, 4) is 6.07 Å². The molecule has 0 N–H and O–H groups in total. The number of rotatable bonds is 1. The maximum absolute atomic E-state index is 9.20. The molecule has 0 bridgehead atoms. The van der Waals surface area contributed by atoms with Crippen LogP contribution in [0.25, 0.3) is 0 Å². The topological polar surface area (TPSA) is 27.0 Å². The first-order chi connectivity index (χ1) is 8.79. The molecule has 1 aliphatic heterocycles. The Morgan fingerprint density at radius 3 is 2.78 bits per heavy atom. The maximum Gasteiger partial charge on any atom is 0.101 e. The fourth-order valence-corrected chi connectivity index (χ4v) is 2.58. The van der Waals surface area contributed by atoms with Crippen LogP contribution in [-0.2, 0) is 6.42 Å². The highest BCUT2D eigenvalue weighted by molar-refractivity contribution is 6.31. The highest BCUT2D eigenvalue weighted by Crippen LogP contribution is 2.36. The van der Waals surface area contributed by atoms with E-state index in [1.807, 2.05) is 18.2 Å². The van der Waals surface area contributed by atoms with Crippen LogP contribution in [0.2, 0.25) is 5.02 Å². The molecule has 1 aliphatic rings. The summed E-state index contributed by atoms with van der Waals surface area (Å²) in [6.45, 7) is 0.897. The predicted molar refractivity (Wildman–Crippen MR) is 73.3 cm³/mol. The third-order valence-corrected chi connectivity index (χ3v) is 3.49. The average molecular weight is 255 g/mol. The molecule has 3 heteroatoms. The van der Waals surface area contributed by atoms with E-state index in [1.165, 1.54) is 11.3 Å². The summed E-state index contributed by atoms with van der Waals surface area (Å²) in [6.07, 6.45) is 1.01. The molecule has 2 aromatic carbocycles. The lowest BCUT2D eigenvalue weighted by Gasteiger charge is -2.21. The van der Waals surface area contributed by atoms with E-state index in [0.717, 1.165) is 18.7 Å². The Morgan fingerprint density at radius 2 is 1.94 bits per heavy atom. The first kappa shape index (κ1) is 11.1. The van der Waals surface area contributed by atoms with Crippen LogP contribution in [0, 0.1) is 11.3 Å². The lowest BCUT2D eigenvalue weighted by molar-refractivity contribution is 0.996. The molecule has 88 valence electrons. The van der Waals surface area contributed by atoms with Crippen molar-refractivity contribution < 1.29 is 0 Å². The van der Waals surface area contributed by atoms with E-state index in [-0.39, 0.29) is 0 Å². The summed E-state index contributed by atoms with van der Waals surface area (Å²) in [5.74, 6) is 0. The lowest BCUT2D eigenvalue weighted by Crippen LogP contribution is -2.14. The number of fused-ring (bicyclic) bond motifs is 1. The zero-order chi connectivity index (χ0) is 12.5. The van der Waals surface area contributed by atoms with Crippen LogP contribution in [-0.4, -0.2) is 6.54 Å². The summed E-state index contributed by atoms with van der Waals surface area (Å²) >= 11 is 6.04. The van der Waals surface area contributed by atoms with Gasteiger partial charge in [-0.1, -0.05) is 29.8 Å². The van der Waals surface area contributed by atoms with Crippen LogP contribution in [0.3, 0.4) is 0 Å². The normalized spacial score (nSPS) is 13.2. The Balaban J connectivity index is 2.13. The zero-order valence-corrected chi connectivity index (χ0v) is 10.5. The number of anilines is 2. The minimum atomic E-state index is 0.661. The third-order valence-electron chi connectivity index (χ3n) is 3.26. The van der Waals surface area contributed by atoms with Crippen LogP contribution in [0.1, 0.15) is 11.1 Å². The van der Waals surface area contributed by atoms with Gasteiger partial charge in [0.2, 0.25) is 0 Å². The van der Waals surface area contributed by atoms with Crippen LogP contribution in [0.4, 0.5) is 11.4 Å². The van der Waals surface area contributed by atoms with Crippen LogP contribution in [0.15, 0.2) is 42.5 Å². The second kappa shape index (κ2) is 4.36. The van der Waals surface area contributed by atoms with Crippen LogP contribution < -0.4 is 4.90 Å². The number of nitriles is 1. The van der Waals surface area contributed by atoms with Crippen molar-refractivity contribution in [1.29, 1.82) is 5.26 Å². The molecule has 1 heterocycles. The van der Waals surface area contributed by atoms with Gasteiger partial charge in [0, 0.05) is 17.3 Å². The molecule has 0 radical (unpaired) electrons. The van der Waals surface area contributed by atoms with Crippen molar-refractivity contribution in [2.75, 3.05) is 11.4 Å². The van der Waals surface area contributed by atoms with E-state index in [4.69, 9.17) is 11.6 Å². The highest BCUT2D eigenvalue weighted by atomic mass is 35.5. The van der Waals surface area contributed by atoms with Crippen molar-refractivity contribution >= 4 is 23.0 Å². The second-order valence-electron chi connectivity index (χ2n) is 4.30. The van der Waals surface area contributed by atoms with Crippen molar-refractivity contribution in [1.82, 2.24) is 0 Å². The minimum Gasteiger partial charge on any atom is -0.340 e. The van der Waals surface area contributed by atoms with Crippen molar-refractivity contribution in [3.05, 3.63) is 58.6 Å². The molecular formula is C15H11ClN2. The van der Waals surface area contributed by atoms with Crippen molar-refractivity contribution in [3.63, 3.8) is 0 Å². The number of para-hydroxylation sites is 1. The average Bonchev–Trinajstić information content (AvgIpc) is 2.82. The molecule has 0 atom stereocenters. The van der Waals surface area contributed by atoms with Gasteiger partial charge < -0.3 is 4.90 Å². The molecule has 2 nitrogen and oxygen atoms in total. The summed E-state index contributed by atoms with van der Waals surface area (Å²) in [5.41, 5.74) is 4.06. The van der Waals surface area contributed by atoms with E-state index in [0.29, 0.717) is 10.6 Å². The van der Waals surface area contributed by atoms with Crippen LogP contribution in [0.5, 0.6) is 0 Å². The first-order valence-corrected chi connectivity index (χ1v) is 6.22. The van der Waals surface area contributed by atoms with Gasteiger partial charge in [0.1, 0.15) is 6.07 Å². The summed E-state index contributed by atoms with van der Waals surface area (Å²) in [6, 6.07) is 15.9. The van der Waals surface area contributed by atoms with Gasteiger partial charge >= 0.3 is 0 Å². The maximum atomic E-state index is 9.20. The second-order valence-corrected chi connectivity index (χ2v) is 4.74. The van der Waals surface area contributed by atoms with Gasteiger partial charge in [-0.15, -0.1) is 0 Å². The first-order valence-electron chi connectivity index (χ1n) is 5.84. The number of hydrogen-bond acceptors (Lipinski definition) is 2. The molecule has 0 aliphatic carbocycles. The summed E-state index contributed by atoms with van der Waals surface area (Å²) in [4.78, 5) is 2.17. The van der Waals surface area contributed by atoms with Gasteiger partial charge in [-0.2, -0.15) is 5.26 Å². The Hall–Kier alpha value is -1.98. The summed E-state index contributed by atoms with van der Waals surface area (Å²) in [5, 5.41) is 9.86. The molecule has 3 rings (SSSR count). The Bertz CT molecular complexity index is 643. The van der Waals surface area contributed by atoms with E-state index < -0.39 is 0 Å². The third kappa shape index (κ3) is 1.73. The Labute approximate surface area is 111 Å². The SMILES string of the molecule is N#Cc1ccc(Cl)cc1N1CCc2ccccc21.